The Morgan fingerprint density at radius 2 is 1.80 bits per heavy atom. The fraction of sp³-hybridized carbons (Fsp3) is 0.652. The normalized spacial score (nSPS) is 23.6. The van der Waals surface area contributed by atoms with Gasteiger partial charge in [0.1, 0.15) is 17.4 Å². The first-order chi connectivity index (χ1) is 13.7. The Labute approximate surface area is 180 Å². The van der Waals surface area contributed by atoms with Crippen LogP contribution in [0.1, 0.15) is 66.0 Å². The topological polar surface area (TPSA) is 89.5 Å². The summed E-state index contributed by atoms with van der Waals surface area (Å²) in [4.78, 5) is 25.3. The van der Waals surface area contributed by atoms with Crippen molar-refractivity contribution in [2.24, 2.45) is 5.92 Å². The van der Waals surface area contributed by atoms with E-state index in [-0.39, 0.29) is 35.9 Å². The number of carbonyl (C=O) groups excluding carboxylic acids is 2. The standard InChI is InChI=1S/C23H35NO5S/c1-15(2)12-19(21(26)24-23(7)16(3)29-13-20(23)25)30(27,28)14-17-8-10-18(11-9-17)22(4,5)6/h8-11,15-16,19H,12-14H2,1-7H3,(H,24,26)/t16-,19+,23-/m1/s1. The summed E-state index contributed by atoms with van der Waals surface area (Å²) >= 11 is 0. The van der Waals surface area contributed by atoms with Gasteiger partial charge in [0.25, 0.3) is 0 Å². The third-order valence-corrected chi connectivity index (χ3v) is 7.85. The Morgan fingerprint density at radius 1 is 1.23 bits per heavy atom. The maximum Gasteiger partial charge on any atom is 0.239 e. The van der Waals surface area contributed by atoms with Gasteiger partial charge in [0.2, 0.25) is 5.91 Å². The molecule has 7 heteroatoms. The van der Waals surface area contributed by atoms with E-state index in [9.17, 15) is 18.0 Å². The van der Waals surface area contributed by atoms with E-state index in [0.29, 0.717) is 5.56 Å². The van der Waals surface area contributed by atoms with Gasteiger partial charge in [-0.25, -0.2) is 8.42 Å². The van der Waals surface area contributed by atoms with E-state index < -0.39 is 32.6 Å². The summed E-state index contributed by atoms with van der Waals surface area (Å²) in [7, 11) is -3.79. The Hall–Kier alpha value is -1.73. The SMILES string of the molecule is CC(C)C[C@@H](C(=O)N[C@@]1(C)C(=O)CO[C@@H]1C)S(=O)(=O)Cc1ccc(C(C)(C)C)cc1. The number of carbonyl (C=O) groups is 2. The lowest BCUT2D eigenvalue weighted by atomic mass is 9.87. The first-order valence-electron chi connectivity index (χ1n) is 10.4. The smallest absolute Gasteiger partial charge is 0.239 e. The van der Waals surface area contributed by atoms with Gasteiger partial charge < -0.3 is 10.1 Å². The molecule has 1 saturated heterocycles. The average Bonchev–Trinajstić information content (AvgIpc) is 2.86. The zero-order valence-electron chi connectivity index (χ0n) is 19.1. The van der Waals surface area contributed by atoms with E-state index in [1.165, 1.54) is 0 Å². The average molecular weight is 438 g/mol. The monoisotopic (exact) mass is 437 g/mol. The minimum Gasteiger partial charge on any atom is -0.368 e. The van der Waals surface area contributed by atoms with Crippen molar-refractivity contribution in [3.05, 3.63) is 35.4 Å². The lowest BCUT2D eigenvalue weighted by Crippen LogP contribution is -2.58. The molecular formula is C23H35NO5S. The van der Waals surface area contributed by atoms with Crippen LogP contribution in [0.5, 0.6) is 0 Å². The van der Waals surface area contributed by atoms with Crippen molar-refractivity contribution in [2.45, 2.75) is 82.9 Å². The summed E-state index contributed by atoms with van der Waals surface area (Å²) in [6.45, 7) is 13.2. The van der Waals surface area contributed by atoms with Crippen LogP contribution >= 0.6 is 0 Å². The van der Waals surface area contributed by atoms with E-state index in [4.69, 9.17) is 4.74 Å². The number of ketones is 1. The minimum absolute atomic E-state index is 0.000416. The number of sulfone groups is 1. The maximum atomic E-state index is 13.2. The second-order valence-electron chi connectivity index (χ2n) is 9.94. The molecule has 1 fully saturated rings. The van der Waals surface area contributed by atoms with Gasteiger partial charge >= 0.3 is 0 Å². The van der Waals surface area contributed by atoms with Crippen molar-refractivity contribution in [3.63, 3.8) is 0 Å². The second kappa shape index (κ2) is 8.79. The fourth-order valence-electron chi connectivity index (χ4n) is 3.53. The van der Waals surface area contributed by atoms with Crippen LogP contribution in [0.2, 0.25) is 0 Å². The molecule has 1 heterocycles. The number of rotatable bonds is 7. The Kier molecular flexibility index (Phi) is 7.19. The lowest BCUT2D eigenvalue weighted by molar-refractivity contribution is -0.129. The summed E-state index contributed by atoms with van der Waals surface area (Å²) in [5.41, 5.74) is 0.515. The molecule has 1 N–H and O–H groups in total. The van der Waals surface area contributed by atoms with E-state index >= 15 is 0 Å². The summed E-state index contributed by atoms with van der Waals surface area (Å²) < 4.78 is 31.8. The number of ether oxygens (including phenoxy) is 1. The second-order valence-corrected chi connectivity index (χ2v) is 12.1. The molecule has 6 nitrogen and oxygen atoms in total. The fourth-order valence-corrected chi connectivity index (χ4v) is 5.45. The van der Waals surface area contributed by atoms with Crippen LogP contribution in [0.15, 0.2) is 24.3 Å². The van der Waals surface area contributed by atoms with Gasteiger partial charge in [-0.1, -0.05) is 58.9 Å². The molecule has 1 aromatic rings. The predicted octanol–water partition coefficient (Wildman–Crippen LogP) is 3.18. The van der Waals surface area contributed by atoms with E-state index in [1.807, 2.05) is 26.0 Å². The molecule has 0 aromatic heterocycles. The van der Waals surface area contributed by atoms with Crippen LogP contribution < -0.4 is 5.32 Å². The molecule has 0 unspecified atom stereocenters. The maximum absolute atomic E-state index is 13.2. The van der Waals surface area contributed by atoms with Crippen LogP contribution in [0, 0.1) is 5.92 Å². The van der Waals surface area contributed by atoms with Crippen molar-refractivity contribution in [1.82, 2.24) is 5.32 Å². The number of Topliss-reactive ketones (excluding diaryl/α,β-unsaturated/α-hetero) is 1. The molecule has 0 bridgehead atoms. The largest absolute Gasteiger partial charge is 0.368 e. The van der Waals surface area contributed by atoms with E-state index in [2.05, 4.69) is 26.1 Å². The van der Waals surface area contributed by atoms with Gasteiger partial charge in [0, 0.05) is 0 Å². The first kappa shape index (κ1) is 24.5. The molecular weight excluding hydrogens is 402 g/mol. The molecule has 1 aliphatic rings. The van der Waals surface area contributed by atoms with Gasteiger partial charge in [0.05, 0.1) is 11.9 Å². The van der Waals surface area contributed by atoms with Gasteiger partial charge in [-0.3, -0.25) is 9.59 Å². The van der Waals surface area contributed by atoms with Gasteiger partial charge in [0.15, 0.2) is 15.6 Å². The quantitative estimate of drug-likeness (QED) is 0.708. The molecule has 1 amide bonds. The highest BCUT2D eigenvalue weighted by Gasteiger charge is 2.48. The predicted molar refractivity (Wildman–Crippen MR) is 118 cm³/mol. The molecule has 168 valence electrons. The number of hydrogen-bond acceptors (Lipinski definition) is 5. The van der Waals surface area contributed by atoms with Crippen LogP contribution in [-0.4, -0.2) is 43.6 Å². The molecule has 1 aromatic carbocycles. The van der Waals surface area contributed by atoms with Crippen LogP contribution in [-0.2, 0) is 35.3 Å². The summed E-state index contributed by atoms with van der Waals surface area (Å²) in [5, 5.41) is 1.46. The van der Waals surface area contributed by atoms with Crippen molar-refractivity contribution in [2.75, 3.05) is 6.61 Å². The molecule has 0 saturated carbocycles. The summed E-state index contributed by atoms with van der Waals surface area (Å²) in [6.07, 6.45) is -0.324. The highest BCUT2D eigenvalue weighted by atomic mass is 32.2. The molecule has 3 atom stereocenters. The molecule has 0 aliphatic carbocycles. The third kappa shape index (κ3) is 5.49. The highest BCUT2D eigenvalue weighted by molar-refractivity contribution is 7.92. The third-order valence-electron chi connectivity index (χ3n) is 5.84. The Bertz CT molecular complexity index is 883. The van der Waals surface area contributed by atoms with E-state index in [1.54, 1.807) is 26.0 Å². The first-order valence-corrected chi connectivity index (χ1v) is 12.2. The van der Waals surface area contributed by atoms with Crippen LogP contribution in [0.4, 0.5) is 0 Å². The molecule has 0 spiro atoms. The summed E-state index contributed by atoms with van der Waals surface area (Å²) in [5.74, 6) is -1.11. The van der Waals surface area contributed by atoms with Crippen LogP contribution in [0.3, 0.4) is 0 Å². The molecule has 30 heavy (non-hydrogen) atoms. The number of hydrogen-bond donors (Lipinski definition) is 1. The molecule has 1 aliphatic heterocycles. The van der Waals surface area contributed by atoms with Crippen molar-refractivity contribution < 1.29 is 22.7 Å². The van der Waals surface area contributed by atoms with Crippen LogP contribution in [0.25, 0.3) is 0 Å². The van der Waals surface area contributed by atoms with Crippen molar-refractivity contribution in [1.29, 1.82) is 0 Å². The zero-order valence-corrected chi connectivity index (χ0v) is 19.9. The van der Waals surface area contributed by atoms with Gasteiger partial charge in [-0.05, 0) is 42.7 Å². The van der Waals surface area contributed by atoms with Gasteiger partial charge in [-0.15, -0.1) is 0 Å². The van der Waals surface area contributed by atoms with Crippen molar-refractivity contribution >= 4 is 21.5 Å². The molecule has 0 radical (unpaired) electrons. The zero-order chi connectivity index (χ0) is 22.9. The number of nitrogens with one attached hydrogen (secondary N) is 1. The number of benzene rings is 1. The Balaban J connectivity index is 2.26. The number of amides is 1. The Morgan fingerprint density at radius 3 is 2.23 bits per heavy atom. The van der Waals surface area contributed by atoms with Crippen molar-refractivity contribution in [3.8, 4) is 0 Å². The van der Waals surface area contributed by atoms with E-state index in [0.717, 1.165) is 5.56 Å². The summed E-state index contributed by atoms with van der Waals surface area (Å²) in [6, 6.07) is 7.47. The van der Waals surface area contributed by atoms with Gasteiger partial charge in [-0.2, -0.15) is 0 Å². The highest BCUT2D eigenvalue weighted by Crippen LogP contribution is 2.26. The lowest BCUT2D eigenvalue weighted by Gasteiger charge is -2.30. The molecule has 2 rings (SSSR count). The minimum atomic E-state index is -3.79.